The first-order valence-corrected chi connectivity index (χ1v) is 14.6. The molecule has 3 fully saturated rings. The Kier molecular flexibility index (Phi) is 5.56. The van der Waals surface area contributed by atoms with Crippen LogP contribution >= 0.6 is 0 Å². The zero-order valence-electron chi connectivity index (χ0n) is 28.9. The van der Waals surface area contributed by atoms with Crippen molar-refractivity contribution in [2.45, 2.75) is 188 Å². The van der Waals surface area contributed by atoms with Crippen molar-refractivity contribution in [2.24, 2.45) is 0 Å². The van der Waals surface area contributed by atoms with Crippen LogP contribution in [0.4, 0.5) is 0 Å². The van der Waals surface area contributed by atoms with Crippen molar-refractivity contribution in [3.05, 3.63) is 0 Å². The zero-order chi connectivity index (χ0) is 29.2. The summed E-state index contributed by atoms with van der Waals surface area (Å²) in [5.41, 5.74) is -0.0953. The monoisotopic (exact) mass is 508 g/mol. The Balaban J connectivity index is 2.76. The number of quaternary nitrogens is 3. The smallest absolute Gasteiger partial charge is 0.276 e. The molecule has 3 heterocycles. The third-order valence-corrected chi connectivity index (χ3v) is 16.1. The zero-order valence-corrected chi connectivity index (χ0v) is 28.9. The summed E-state index contributed by atoms with van der Waals surface area (Å²) in [5.74, 6) is 0. The van der Waals surface area contributed by atoms with Gasteiger partial charge in [-0.25, -0.2) is 13.4 Å². The number of nitrogens with zero attached hydrogens (tertiary/aromatic N) is 4. The second kappa shape index (κ2) is 6.58. The van der Waals surface area contributed by atoms with Gasteiger partial charge in [-0.1, -0.05) is 0 Å². The van der Waals surface area contributed by atoms with E-state index in [4.69, 9.17) is 0 Å². The van der Waals surface area contributed by atoms with E-state index in [2.05, 4.69) is 158 Å². The average Bonchev–Trinajstić information content (AvgIpc) is 2.79. The quantitative estimate of drug-likeness (QED) is 0.320. The lowest BCUT2D eigenvalue weighted by molar-refractivity contribution is -1.26. The molecule has 0 spiro atoms. The summed E-state index contributed by atoms with van der Waals surface area (Å²) in [7, 11) is 7.94. The summed E-state index contributed by atoms with van der Waals surface area (Å²) in [4.78, 5) is 2.93. The maximum absolute atomic E-state index is 2.93. The Bertz CT molecular complexity index is 889. The van der Waals surface area contributed by atoms with Crippen LogP contribution in [0.5, 0.6) is 0 Å². The summed E-state index contributed by atoms with van der Waals surface area (Å²) < 4.78 is 3.14. The topological polar surface area (TPSA) is 3.24 Å². The first kappa shape index (κ1) is 30.4. The molecule has 0 amide bonds. The molecule has 36 heavy (non-hydrogen) atoms. The van der Waals surface area contributed by atoms with Gasteiger partial charge in [-0.05, 0) is 132 Å². The van der Waals surface area contributed by atoms with Crippen molar-refractivity contribution >= 4 is 0 Å². The highest BCUT2D eigenvalue weighted by molar-refractivity contribution is 5.18. The highest BCUT2D eigenvalue weighted by Crippen LogP contribution is 2.73. The van der Waals surface area contributed by atoms with E-state index in [1.54, 1.807) is 0 Å². The normalized spacial score (nSPS) is 45.0. The molecule has 0 radical (unpaired) electrons. The second-order valence-corrected chi connectivity index (χ2v) is 18.6. The molecule has 0 N–H and O–H groups in total. The summed E-state index contributed by atoms with van der Waals surface area (Å²) >= 11 is 0. The molecule has 0 aromatic rings. The van der Waals surface area contributed by atoms with Gasteiger partial charge in [-0.2, -0.15) is 0 Å². The highest BCUT2D eigenvalue weighted by Gasteiger charge is 2.97. The lowest BCUT2D eigenvalue weighted by atomic mass is 9.62. The Morgan fingerprint density at radius 2 is 0.611 bits per heavy atom. The molecule has 4 nitrogen and oxygen atoms in total. The van der Waals surface area contributed by atoms with Gasteiger partial charge >= 0.3 is 6.29 Å². The van der Waals surface area contributed by atoms with Crippen LogP contribution in [-0.4, -0.2) is 95.6 Å². The van der Waals surface area contributed by atoms with Crippen molar-refractivity contribution in [3.63, 3.8) is 0 Å². The molecule has 3 aliphatic rings. The molecule has 3 saturated heterocycles. The Morgan fingerprint density at radius 3 is 0.806 bits per heavy atom. The summed E-state index contributed by atoms with van der Waals surface area (Å²) in [6, 6.07) is 0. The molecular formula is C32H67N4+3. The molecule has 2 unspecified atom stereocenters. The van der Waals surface area contributed by atoms with Crippen LogP contribution in [0, 0.1) is 0 Å². The fourth-order valence-corrected chi connectivity index (χ4v) is 11.5. The van der Waals surface area contributed by atoms with Crippen molar-refractivity contribution in [1.82, 2.24) is 4.90 Å². The largest absolute Gasteiger partial charge is 0.346 e. The van der Waals surface area contributed by atoms with Crippen LogP contribution in [0.2, 0.25) is 0 Å². The summed E-state index contributed by atoms with van der Waals surface area (Å²) in [5, 5.41) is 0. The fraction of sp³-hybridized carbons (Fsp3) is 1.00. The van der Waals surface area contributed by atoms with Crippen LogP contribution in [-0.2, 0) is 0 Å². The molecule has 0 bridgehead atoms. The average molecular weight is 508 g/mol. The van der Waals surface area contributed by atoms with Gasteiger partial charge in [0, 0.05) is 5.54 Å². The first-order valence-electron chi connectivity index (χ1n) is 14.6. The van der Waals surface area contributed by atoms with Crippen LogP contribution < -0.4 is 0 Å². The third-order valence-electron chi connectivity index (χ3n) is 16.1. The molecule has 4 heteroatoms. The molecule has 3 rings (SSSR count). The third kappa shape index (κ3) is 2.30. The van der Waals surface area contributed by atoms with E-state index in [9.17, 15) is 0 Å². The number of hydrogen-bond acceptors (Lipinski definition) is 1. The molecule has 0 aromatic carbocycles. The first-order chi connectivity index (χ1) is 15.2. The molecule has 0 aliphatic carbocycles. The lowest BCUT2D eigenvalue weighted by Gasteiger charge is -2.73. The Morgan fingerprint density at radius 1 is 0.417 bits per heavy atom. The SMILES string of the molecule is CC(C)(C)N1C(C)(C)C(C)(C)[N@+]2(C)C3[N+](C)(C(C)(C)C2(C)C)C(C)(C)C(C)(C)[N@@+]3(C)C(C)(C)C1(C)C. The minimum atomic E-state index is -0.0780. The number of rotatable bonds is 0. The maximum atomic E-state index is 2.93. The molecule has 3 aliphatic heterocycles. The van der Waals surface area contributed by atoms with E-state index in [1.807, 2.05) is 0 Å². The standard InChI is InChI=1S/C32H67N4/c1-24(2,3)33-25(4,5)27(8,9)34(20)23-35(21,28(10,11)26(33,6)7)30(14,15)32(18,19)36(23,22)31(16,17)29(34,12)13/h23H,1-22H3/q+3/t23?,34-,35+,36?. The van der Waals surface area contributed by atoms with Crippen LogP contribution in [0.25, 0.3) is 0 Å². The van der Waals surface area contributed by atoms with Crippen molar-refractivity contribution in [2.75, 3.05) is 21.1 Å². The summed E-state index contributed by atoms with van der Waals surface area (Å²) in [6.07, 6.45) is 0.380. The van der Waals surface area contributed by atoms with E-state index < -0.39 is 0 Å². The van der Waals surface area contributed by atoms with E-state index in [0.29, 0.717) is 6.29 Å². The molecule has 4 atom stereocenters. The fourth-order valence-electron chi connectivity index (χ4n) is 11.5. The van der Waals surface area contributed by atoms with Gasteiger partial charge in [0.25, 0.3) is 0 Å². The van der Waals surface area contributed by atoms with Crippen LogP contribution in [0.3, 0.4) is 0 Å². The van der Waals surface area contributed by atoms with E-state index in [0.717, 1.165) is 13.4 Å². The molecule has 212 valence electrons. The molecule has 0 saturated carbocycles. The van der Waals surface area contributed by atoms with Gasteiger partial charge in [-0.3, -0.25) is 4.90 Å². The lowest BCUT2D eigenvalue weighted by Crippen LogP contribution is -2.93. The predicted octanol–water partition coefficient (Wildman–Crippen LogP) is 6.98. The van der Waals surface area contributed by atoms with E-state index in [-0.39, 0.29) is 49.9 Å². The van der Waals surface area contributed by atoms with E-state index in [1.165, 1.54) is 0 Å². The van der Waals surface area contributed by atoms with Gasteiger partial charge in [0.15, 0.2) is 22.2 Å². The molecular weight excluding hydrogens is 440 g/mol. The van der Waals surface area contributed by atoms with Gasteiger partial charge < -0.3 is 0 Å². The van der Waals surface area contributed by atoms with Crippen LogP contribution in [0.1, 0.15) is 132 Å². The van der Waals surface area contributed by atoms with E-state index >= 15 is 0 Å². The van der Waals surface area contributed by atoms with Gasteiger partial charge in [0.1, 0.15) is 11.1 Å². The number of likely N-dealkylation sites (N-methyl/N-ethyl adjacent to an activating group) is 3. The minimum Gasteiger partial charge on any atom is -0.276 e. The Hall–Kier alpha value is -0.160. The van der Waals surface area contributed by atoms with Crippen molar-refractivity contribution in [3.8, 4) is 0 Å². The van der Waals surface area contributed by atoms with Crippen molar-refractivity contribution < 1.29 is 13.4 Å². The minimum absolute atomic E-state index is 0.00360. The van der Waals surface area contributed by atoms with Gasteiger partial charge in [-0.15, -0.1) is 0 Å². The van der Waals surface area contributed by atoms with Crippen molar-refractivity contribution in [1.29, 1.82) is 0 Å². The molecule has 0 aromatic heterocycles. The second-order valence-electron chi connectivity index (χ2n) is 18.6. The Labute approximate surface area is 227 Å². The number of hydrogen-bond donors (Lipinski definition) is 0. The van der Waals surface area contributed by atoms with Crippen LogP contribution in [0.15, 0.2) is 0 Å². The summed E-state index contributed by atoms with van der Waals surface area (Å²) in [6.45, 7) is 48.8. The van der Waals surface area contributed by atoms with Gasteiger partial charge in [0.05, 0.1) is 32.2 Å². The maximum Gasteiger partial charge on any atom is 0.346 e. The predicted molar refractivity (Wildman–Crippen MR) is 157 cm³/mol. The van der Waals surface area contributed by atoms with Gasteiger partial charge in [0.2, 0.25) is 0 Å². The highest BCUT2D eigenvalue weighted by atomic mass is 15.9.